The van der Waals surface area contributed by atoms with Crippen LogP contribution in [0.2, 0.25) is 0 Å². The molecule has 0 radical (unpaired) electrons. The highest BCUT2D eigenvalue weighted by Crippen LogP contribution is 2.21. The number of thiophene rings is 1. The lowest BCUT2D eigenvalue weighted by atomic mass is 10.3. The third-order valence-electron chi connectivity index (χ3n) is 2.84. The lowest BCUT2D eigenvalue weighted by molar-refractivity contribution is 0.583. The monoisotopic (exact) mass is 345 g/mol. The van der Waals surface area contributed by atoms with Crippen LogP contribution in [0.15, 0.2) is 21.9 Å². The molecule has 0 saturated carbocycles. The fourth-order valence-corrected chi connectivity index (χ4v) is 4.81. The molecule has 0 aliphatic rings. The first-order chi connectivity index (χ1) is 10.0. The molecule has 2 aromatic rings. The first kappa shape index (κ1) is 16.6. The highest BCUT2D eigenvalue weighted by atomic mass is 32.2. The Morgan fingerprint density at radius 2 is 2.10 bits per heavy atom. The molecule has 2 N–H and O–H groups in total. The molecule has 2 aromatic heterocycles. The highest BCUT2D eigenvalue weighted by Gasteiger charge is 2.17. The molecule has 5 nitrogen and oxygen atoms in total. The summed E-state index contributed by atoms with van der Waals surface area (Å²) in [5, 5.41) is 5.84. The van der Waals surface area contributed by atoms with Crippen molar-refractivity contribution in [2.45, 2.75) is 37.6 Å². The van der Waals surface area contributed by atoms with Gasteiger partial charge in [-0.25, -0.2) is 18.1 Å². The van der Waals surface area contributed by atoms with Crippen molar-refractivity contribution < 1.29 is 8.42 Å². The zero-order valence-electron chi connectivity index (χ0n) is 12.0. The van der Waals surface area contributed by atoms with Crippen LogP contribution >= 0.6 is 22.7 Å². The van der Waals surface area contributed by atoms with E-state index in [9.17, 15) is 8.42 Å². The SMILES string of the molecule is CCNCc1csc(S(=O)(=O)NCc2ncc(CC)s2)c1. The van der Waals surface area contributed by atoms with Gasteiger partial charge in [-0.3, -0.25) is 0 Å². The van der Waals surface area contributed by atoms with E-state index in [1.165, 1.54) is 11.3 Å². The molecule has 0 amide bonds. The summed E-state index contributed by atoms with van der Waals surface area (Å²) in [6.07, 6.45) is 2.72. The summed E-state index contributed by atoms with van der Waals surface area (Å²) in [6.45, 7) is 5.87. The molecular formula is C13H19N3O2S3. The smallest absolute Gasteiger partial charge is 0.250 e. The number of nitrogens with zero attached hydrogens (tertiary/aromatic N) is 1. The second kappa shape index (κ2) is 7.46. The van der Waals surface area contributed by atoms with Gasteiger partial charge in [0.05, 0.1) is 6.54 Å². The minimum atomic E-state index is -3.45. The van der Waals surface area contributed by atoms with Crippen molar-refractivity contribution in [1.29, 1.82) is 0 Å². The second-order valence-corrected chi connectivity index (χ2v) is 8.56. The maximum Gasteiger partial charge on any atom is 0.250 e. The van der Waals surface area contributed by atoms with E-state index in [4.69, 9.17) is 0 Å². The van der Waals surface area contributed by atoms with Crippen LogP contribution in [-0.2, 0) is 29.5 Å². The molecule has 0 aliphatic carbocycles. The number of sulfonamides is 1. The zero-order chi connectivity index (χ0) is 15.3. The molecular weight excluding hydrogens is 326 g/mol. The van der Waals surface area contributed by atoms with Crippen LogP contribution < -0.4 is 10.0 Å². The van der Waals surface area contributed by atoms with Crippen molar-refractivity contribution in [2.75, 3.05) is 6.54 Å². The van der Waals surface area contributed by atoms with Gasteiger partial charge in [-0.05, 0) is 30.0 Å². The molecule has 0 atom stereocenters. The number of nitrogens with one attached hydrogen (secondary N) is 2. The van der Waals surface area contributed by atoms with E-state index < -0.39 is 10.0 Å². The fourth-order valence-electron chi connectivity index (χ4n) is 1.68. The summed E-state index contributed by atoms with van der Waals surface area (Å²) in [5.41, 5.74) is 0.991. The zero-order valence-corrected chi connectivity index (χ0v) is 14.5. The number of thiazole rings is 1. The molecule has 0 aliphatic heterocycles. The normalized spacial score (nSPS) is 11.9. The molecule has 8 heteroatoms. The Morgan fingerprint density at radius 3 is 2.76 bits per heavy atom. The third-order valence-corrected chi connectivity index (χ3v) is 6.87. The van der Waals surface area contributed by atoms with Crippen molar-refractivity contribution >= 4 is 32.7 Å². The largest absolute Gasteiger partial charge is 0.313 e. The number of hydrogen-bond acceptors (Lipinski definition) is 6. The predicted molar refractivity (Wildman–Crippen MR) is 87.2 cm³/mol. The Kier molecular flexibility index (Phi) is 5.88. The Hall–Kier alpha value is -0.800. The summed E-state index contributed by atoms with van der Waals surface area (Å²) >= 11 is 2.78. The van der Waals surface area contributed by atoms with Crippen LogP contribution in [0.25, 0.3) is 0 Å². The van der Waals surface area contributed by atoms with Gasteiger partial charge in [0.2, 0.25) is 10.0 Å². The molecule has 0 aromatic carbocycles. The van der Waals surface area contributed by atoms with E-state index >= 15 is 0 Å². The molecule has 0 saturated heterocycles. The van der Waals surface area contributed by atoms with Gasteiger partial charge in [0.25, 0.3) is 0 Å². The van der Waals surface area contributed by atoms with Gasteiger partial charge in [-0.2, -0.15) is 0 Å². The molecule has 0 fully saturated rings. The maximum atomic E-state index is 12.2. The summed E-state index contributed by atoms with van der Waals surface area (Å²) in [7, 11) is -3.45. The quantitative estimate of drug-likeness (QED) is 0.770. The van der Waals surface area contributed by atoms with E-state index in [1.807, 2.05) is 12.3 Å². The molecule has 0 unspecified atom stereocenters. The van der Waals surface area contributed by atoms with Crippen molar-refractivity contribution in [3.63, 3.8) is 0 Å². The lowest BCUT2D eigenvalue weighted by Gasteiger charge is -2.02. The molecule has 2 rings (SSSR count). The predicted octanol–water partition coefficient (Wildman–Crippen LogP) is 2.35. The van der Waals surface area contributed by atoms with Crippen LogP contribution in [0.4, 0.5) is 0 Å². The van der Waals surface area contributed by atoms with Crippen molar-refractivity contribution in [1.82, 2.24) is 15.0 Å². The summed E-state index contributed by atoms with van der Waals surface area (Å²) in [6, 6.07) is 1.72. The van der Waals surface area contributed by atoms with Crippen LogP contribution in [0, 0.1) is 0 Å². The van der Waals surface area contributed by atoms with Gasteiger partial charge in [-0.15, -0.1) is 22.7 Å². The van der Waals surface area contributed by atoms with Gasteiger partial charge >= 0.3 is 0 Å². The van der Waals surface area contributed by atoms with Gasteiger partial charge in [0.1, 0.15) is 9.22 Å². The first-order valence-electron chi connectivity index (χ1n) is 6.76. The molecule has 21 heavy (non-hydrogen) atoms. The number of hydrogen-bond donors (Lipinski definition) is 2. The average Bonchev–Trinajstić information content (AvgIpc) is 3.12. The molecule has 116 valence electrons. The van der Waals surface area contributed by atoms with Crippen molar-refractivity contribution in [3.8, 4) is 0 Å². The van der Waals surface area contributed by atoms with Crippen molar-refractivity contribution in [2.24, 2.45) is 0 Å². The van der Waals surface area contributed by atoms with E-state index in [-0.39, 0.29) is 6.54 Å². The Morgan fingerprint density at radius 1 is 1.29 bits per heavy atom. The van der Waals surface area contributed by atoms with Gasteiger partial charge in [0, 0.05) is 17.6 Å². The summed E-state index contributed by atoms with van der Waals surface area (Å²) in [5.74, 6) is 0. The maximum absolute atomic E-state index is 12.2. The third kappa shape index (κ3) is 4.58. The van der Waals surface area contributed by atoms with E-state index in [2.05, 4.69) is 21.9 Å². The van der Waals surface area contributed by atoms with Crippen LogP contribution in [-0.4, -0.2) is 19.9 Å². The highest BCUT2D eigenvalue weighted by molar-refractivity contribution is 7.91. The Labute approximate surface area is 133 Å². The van der Waals surface area contributed by atoms with Crippen LogP contribution in [0.1, 0.15) is 29.3 Å². The minimum Gasteiger partial charge on any atom is -0.313 e. The van der Waals surface area contributed by atoms with Crippen molar-refractivity contribution in [3.05, 3.63) is 33.1 Å². The van der Waals surface area contributed by atoms with Gasteiger partial charge in [-0.1, -0.05) is 13.8 Å². The fraction of sp³-hybridized carbons (Fsp3) is 0.462. The van der Waals surface area contributed by atoms with Gasteiger partial charge in [0.15, 0.2) is 0 Å². The summed E-state index contributed by atoms with van der Waals surface area (Å²) in [4.78, 5) is 5.37. The topological polar surface area (TPSA) is 71.1 Å². The van der Waals surface area contributed by atoms with Gasteiger partial charge < -0.3 is 5.32 Å². The molecule has 0 spiro atoms. The molecule has 2 heterocycles. The second-order valence-electron chi connectivity index (χ2n) is 4.45. The van der Waals surface area contributed by atoms with E-state index in [1.54, 1.807) is 23.6 Å². The number of aryl methyl sites for hydroxylation is 1. The van der Waals surface area contributed by atoms with Crippen LogP contribution in [0.5, 0.6) is 0 Å². The van der Waals surface area contributed by atoms with Crippen LogP contribution in [0.3, 0.4) is 0 Å². The standard InChI is InChI=1S/C13H19N3O2S3/c1-3-11-7-15-12(20-11)8-16-21(17,18)13-5-10(9-19-13)6-14-4-2/h5,7,9,14,16H,3-4,6,8H2,1-2H3. The summed E-state index contributed by atoms with van der Waals surface area (Å²) < 4.78 is 27.4. The average molecular weight is 346 g/mol. The molecule has 0 bridgehead atoms. The number of aromatic nitrogens is 1. The number of rotatable bonds is 8. The minimum absolute atomic E-state index is 0.243. The Bertz CT molecular complexity index is 676. The first-order valence-corrected chi connectivity index (χ1v) is 9.94. The van der Waals surface area contributed by atoms with E-state index in [0.717, 1.165) is 28.4 Å². The Balaban J connectivity index is 1.99. The van der Waals surface area contributed by atoms with E-state index in [0.29, 0.717) is 10.8 Å². The lowest BCUT2D eigenvalue weighted by Crippen LogP contribution is -2.22.